The maximum absolute atomic E-state index is 6.00. The molecule has 1 aromatic heterocycles. The van der Waals surface area contributed by atoms with E-state index in [2.05, 4.69) is 15.3 Å². The largest absolute Gasteiger partial charge is 0.493 e. The number of halogens is 1. The van der Waals surface area contributed by atoms with Crippen LogP contribution in [0.1, 0.15) is 5.56 Å². The van der Waals surface area contributed by atoms with Gasteiger partial charge in [0, 0.05) is 6.54 Å². The normalized spacial score (nSPS) is 10.1. The minimum Gasteiger partial charge on any atom is -0.493 e. The summed E-state index contributed by atoms with van der Waals surface area (Å²) in [4.78, 5) is 7.91. The number of rotatable bonds is 6. The highest BCUT2D eigenvalue weighted by Gasteiger charge is 2.13. The van der Waals surface area contributed by atoms with Gasteiger partial charge in [-0.3, -0.25) is 0 Å². The van der Waals surface area contributed by atoms with E-state index in [1.807, 2.05) is 12.1 Å². The van der Waals surface area contributed by atoms with E-state index in [0.29, 0.717) is 34.6 Å². The van der Waals surface area contributed by atoms with Crippen LogP contribution in [0.2, 0.25) is 5.02 Å². The van der Waals surface area contributed by atoms with Crippen LogP contribution in [0.15, 0.2) is 24.7 Å². The molecule has 0 amide bonds. The van der Waals surface area contributed by atoms with Gasteiger partial charge in [-0.1, -0.05) is 11.6 Å². The molecule has 112 valence electrons. The molecule has 0 aliphatic heterocycles. The number of nitrogens with zero attached hydrogens (tertiary/aromatic N) is 2. The van der Waals surface area contributed by atoms with E-state index < -0.39 is 0 Å². The van der Waals surface area contributed by atoms with E-state index in [4.69, 9.17) is 25.8 Å². The Balaban J connectivity index is 2.22. The molecule has 0 bridgehead atoms. The van der Waals surface area contributed by atoms with Crippen LogP contribution in [0.4, 0.5) is 5.82 Å². The summed E-state index contributed by atoms with van der Waals surface area (Å²) < 4.78 is 15.9. The number of methoxy groups -OCH3 is 3. The number of anilines is 1. The lowest BCUT2D eigenvalue weighted by Gasteiger charge is -2.14. The third kappa shape index (κ3) is 3.46. The summed E-state index contributed by atoms with van der Waals surface area (Å²) in [5.41, 5.74) is 0.944. The van der Waals surface area contributed by atoms with Gasteiger partial charge in [0.1, 0.15) is 17.2 Å². The van der Waals surface area contributed by atoms with Crippen LogP contribution in [0.3, 0.4) is 0 Å². The van der Waals surface area contributed by atoms with Crippen LogP contribution in [0.25, 0.3) is 0 Å². The van der Waals surface area contributed by atoms with Gasteiger partial charge in [-0.15, -0.1) is 0 Å². The smallest absolute Gasteiger partial charge is 0.203 e. The van der Waals surface area contributed by atoms with Crippen molar-refractivity contribution >= 4 is 17.4 Å². The van der Waals surface area contributed by atoms with Gasteiger partial charge in [0.05, 0.1) is 27.5 Å². The van der Waals surface area contributed by atoms with E-state index in [9.17, 15) is 0 Å². The van der Waals surface area contributed by atoms with Crippen molar-refractivity contribution in [3.8, 4) is 17.2 Å². The molecule has 0 aliphatic rings. The summed E-state index contributed by atoms with van der Waals surface area (Å²) in [7, 11) is 4.73. The van der Waals surface area contributed by atoms with Crippen molar-refractivity contribution in [2.45, 2.75) is 6.54 Å². The molecule has 0 radical (unpaired) electrons. The topological polar surface area (TPSA) is 65.5 Å². The zero-order valence-corrected chi connectivity index (χ0v) is 12.8. The minimum atomic E-state index is 0.463. The lowest BCUT2D eigenvalue weighted by molar-refractivity contribution is 0.324. The van der Waals surface area contributed by atoms with Gasteiger partial charge in [-0.2, -0.15) is 0 Å². The van der Waals surface area contributed by atoms with Gasteiger partial charge in [0.2, 0.25) is 5.75 Å². The highest BCUT2D eigenvalue weighted by atomic mass is 35.5. The molecular formula is C14H16ClN3O3. The van der Waals surface area contributed by atoms with Crippen LogP contribution in [-0.4, -0.2) is 31.3 Å². The van der Waals surface area contributed by atoms with Gasteiger partial charge >= 0.3 is 0 Å². The van der Waals surface area contributed by atoms with Crippen molar-refractivity contribution in [3.63, 3.8) is 0 Å². The second-order valence-electron chi connectivity index (χ2n) is 4.11. The van der Waals surface area contributed by atoms with Crippen molar-refractivity contribution < 1.29 is 14.2 Å². The predicted octanol–water partition coefficient (Wildman–Crippen LogP) is 2.77. The van der Waals surface area contributed by atoms with Crippen LogP contribution < -0.4 is 19.5 Å². The van der Waals surface area contributed by atoms with Crippen LogP contribution in [0, 0.1) is 0 Å². The third-order valence-electron chi connectivity index (χ3n) is 2.85. The highest BCUT2D eigenvalue weighted by molar-refractivity contribution is 6.32. The van der Waals surface area contributed by atoms with Crippen LogP contribution in [-0.2, 0) is 6.54 Å². The molecule has 1 N–H and O–H groups in total. The molecule has 0 aliphatic carbocycles. The van der Waals surface area contributed by atoms with E-state index in [0.717, 1.165) is 5.56 Å². The zero-order chi connectivity index (χ0) is 15.2. The lowest BCUT2D eigenvalue weighted by atomic mass is 10.1. The standard InChI is InChI=1S/C14H16ClN3O3/c1-19-11-4-9(5-12(20-2)13(11)21-3)6-17-14-10(15)7-16-8-18-14/h4-5,7-8H,6H2,1-3H3,(H,16,17,18). The molecule has 0 spiro atoms. The quantitative estimate of drug-likeness (QED) is 0.885. The molecule has 1 aromatic carbocycles. The van der Waals surface area contributed by atoms with Gasteiger partial charge in [-0.05, 0) is 17.7 Å². The van der Waals surface area contributed by atoms with Gasteiger partial charge < -0.3 is 19.5 Å². The molecule has 21 heavy (non-hydrogen) atoms. The summed E-state index contributed by atoms with van der Waals surface area (Å²) in [5.74, 6) is 2.33. The molecule has 7 heteroatoms. The summed E-state index contributed by atoms with van der Waals surface area (Å²) in [6, 6.07) is 3.73. The number of aromatic nitrogens is 2. The molecule has 0 unspecified atom stereocenters. The molecule has 0 atom stereocenters. The number of ether oxygens (including phenoxy) is 3. The predicted molar refractivity (Wildman–Crippen MR) is 80.5 cm³/mol. The summed E-state index contributed by atoms with van der Waals surface area (Å²) >= 11 is 6.00. The summed E-state index contributed by atoms with van der Waals surface area (Å²) in [5, 5.41) is 3.60. The number of hydrogen-bond donors (Lipinski definition) is 1. The maximum Gasteiger partial charge on any atom is 0.203 e. The molecule has 1 heterocycles. The first-order valence-electron chi connectivity index (χ1n) is 6.17. The molecule has 0 saturated carbocycles. The molecule has 2 aromatic rings. The fourth-order valence-corrected chi connectivity index (χ4v) is 2.04. The Hall–Kier alpha value is -2.21. The average molecular weight is 310 g/mol. The lowest BCUT2D eigenvalue weighted by Crippen LogP contribution is -2.04. The number of nitrogens with one attached hydrogen (secondary N) is 1. The Bertz CT molecular complexity index is 597. The van der Waals surface area contributed by atoms with Crippen LogP contribution >= 0.6 is 11.6 Å². The first-order valence-corrected chi connectivity index (χ1v) is 6.55. The van der Waals surface area contributed by atoms with E-state index in [1.54, 1.807) is 21.3 Å². The molecule has 6 nitrogen and oxygen atoms in total. The van der Waals surface area contributed by atoms with Crippen molar-refractivity contribution in [1.29, 1.82) is 0 Å². The second-order valence-corrected chi connectivity index (χ2v) is 4.51. The second kappa shape index (κ2) is 6.99. The maximum atomic E-state index is 6.00. The first-order chi connectivity index (χ1) is 10.2. The highest BCUT2D eigenvalue weighted by Crippen LogP contribution is 2.38. The van der Waals surface area contributed by atoms with Crippen molar-refractivity contribution in [3.05, 3.63) is 35.2 Å². The van der Waals surface area contributed by atoms with Crippen molar-refractivity contribution in [2.75, 3.05) is 26.6 Å². The van der Waals surface area contributed by atoms with E-state index in [1.165, 1.54) is 12.5 Å². The number of hydrogen-bond acceptors (Lipinski definition) is 6. The zero-order valence-electron chi connectivity index (χ0n) is 12.0. The Morgan fingerprint density at radius 3 is 2.29 bits per heavy atom. The fourth-order valence-electron chi connectivity index (χ4n) is 1.87. The molecule has 0 fully saturated rings. The van der Waals surface area contributed by atoms with Gasteiger partial charge in [0.15, 0.2) is 11.5 Å². The van der Waals surface area contributed by atoms with Crippen molar-refractivity contribution in [2.24, 2.45) is 0 Å². The Morgan fingerprint density at radius 2 is 1.76 bits per heavy atom. The Morgan fingerprint density at radius 1 is 1.10 bits per heavy atom. The Labute approximate surface area is 128 Å². The first kappa shape index (κ1) is 15.2. The average Bonchev–Trinajstić information content (AvgIpc) is 2.52. The molecular weight excluding hydrogens is 294 g/mol. The van der Waals surface area contributed by atoms with Gasteiger partial charge in [0.25, 0.3) is 0 Å². The summed E-state index contributed by atoms with van der Waals surface area (Å²) in [6.07, 6.45) is 2.97. The van der Waals surface area contributed by atoms with Gasteiger partial charge in [-0.25, -0.2) is 9.97 Å². The minimum absolute atomic E-state index is 0.463. The summed E-state index contributed by atoms with van der Waals surface area (Å²) in [6.45, 7) is 0.507. The third-order valence-corrected chi connectivity index (χ3v) is 3.13. The molecule has 2 rings (SSSR count). The van der Waals surface area contributed by atoms with Crippen LogP contribution in [0.5, 0.6) is 17.2 Å². The van der Waals surface area contributed by atoms with E-state index in [-0.39, 0.29) is 0 Å². The van der Waals surface area contributed by atoms with Crippen molar-refractivity contribution in [1.82, 2.24) is 9.97 Å². The number of benzene rings is 1. The Kier molecular flexibility index (Phi) is 5.05. The SMILES string of the molecule is COc1cc(CNc2ncncc2Cl)cc(OC)c1OC. The monoisotopic (exact) mass is 309 g/mol. The fraction of sp³-hybridized carbons (Fsp3) is 0.286. The van der Waals surface area contributed by atoms with E-state index >= 15 is 0 Å². The molecule has 0 saturated heterocycles.